The molecule has 1 N–H and O–H groups in total. The van der Waals surface area contributed by atoms with Gasteiger partial charge in [0.05, 0.1) is 19.8 Å². The van der Waals surface area contributed by atoms with Crippen LogP contribution >= 0.6 is 0 Å². The fourth-order valence-corrected chi connectivity index (χ4v) is 1.35. The zero-order valence-electron chi connectivity index (χ0n) is 11.7. The van der Waals surface area contributed by atoms with E-state index in [0.29, 0.717) is 32.3 Å². The molecule has 6 heteroatoms. The van der Waals surface area contributed by atoms with Gasteiger partial charge in [0.2, 0.25) is 5.88 Å². The predicted octanol–water partition coefficient (Wildman–Crippen LogP) is 1.73. The topological polar surface area (TPSA) is 65.5 Å². The van der Waals surface area contributed by atoms with Gasteiger partial charge in [0.15, 0.2) is 0 Å². The predicted molar refractivity (Wildman–Crippen MR) is 73.6 cm³/mol. The lowest BCUT2D eigenvalue weighted by Crippen LogP contribution is -2.08. The fraction of sp³-hybridized carbons (Fsp3) is 0.692. The normalized spacial score (nSPS) is 10.4. The van der Waals surface area contributed by atoms with Crippen molar-refractivity contribution >= 4 is 5.82 Å². The second-order valence-corrected chi connectivity index (χ2v) is 3.98. The Bertz CT molecular complexity index is 337. The zero-order valence-corrected chi connectivity index (χ0v) is 11.7. The number of ether oxygens (including phenoxy) is 3. The van der Waals surface area contributed by atoms with Gasteiger partial charge in [0, 0.05) is 32.7 Å². The molecular weight excluding hydrogens is 246 g/mol. The van der Waals surface area contributed by atoms with E-state index in [1.165, 1.54) is 6.33 Å². The Morgan fingerprint density at radius 1 is 1.16 bits per heavy atom. The van der Waals surface area contributed by atoms with Crippen LogP contribution in [-0.2, 0) is 9.47 Å². The second-order valence-electron chi connectivity index (χ2n) is 3.98. The van der Waals surface area contributed by atoms with Gasteiger partial charge in [0.25, 0.3) is 0 Å². The van der Waals surface area contributed by atoms with E-state index >= 15 is 0 Å². The van der Waals surface area contributed by atoms with Crippen molar-refractivity contribution in [1.29, 1.82) is 0 Å². The molecule has 0 saturated heterocycles. The average molecular weight is 269 g/mol. The lowest BCUT2D eigenvalue weighted by atomic mass is 10.4. The first kappa shape index (κ1) is 15.7. The van der Waals surface area contributed by atoms with Crippen LogP contribution < -0.4 is 10.1 Å². The Balaban J connectivity index is 2.14. The van der Waals surface area contributed by atoms with Crippen molar-refractivity contribution < 1.29 is 14.2 Å². The van der Waals surface area contributed by atoms with Crippen molar-refractivity contribution in [3.8, 4) is 5.88 Å². The minimum atomic E-state index is 0.581. The van der Waals surface area contributed by atoms with Crippen molar-refractivity contribution in [1.82, 2.24) is 9.97 Å². The number of nitrogens with zero attached hydrogens (tertiary/aromatic N) is 2. The summed E-state index contributed by atoms with van der Waals surface area (Å²) in [5.41, 5.74) is 0. The van der Waals surface area contributed by atoms with Gasteiger partial charge in [-0.05, 0) is 6.42 Å². The molecule has 0 bridgehead atoms. The van der Waals surface area contributed by atoms with Gasteiger partial charge in [-0.25, -0.2) is 9.97 Å². The summed E-state index contributed by atoms with van der Waals surface area (Å²) in [5, 5.41) is 3.19. The fourth-order valence-electron chi connectivity index (χ4n) is 1.35. The molecule has 0 radical (unpaired) electrons. The molecule has 1 aromatic heterocycles. The highest BCUT2D eigenvalue weighted by Gasteiger charge is 1.99. The SMILES string of the molecule is CCCNc1cc(OCCCOCCOC)ncn1. The lowest BCUT2D eigenvalue weighted by Gasteiger charge is -2.08. The molecule has 1 rings (SSSR count). The van der Waals surface area contributed by atoms with Gasteiger partial charge < -0.3 is 19.5 Å². The minimum absolute atomic E-state index is 0.581. The molecule has 0 amide bonds. The second kappa shape index (κ2) is 10.5. The van der Waals surface area contributed by atoms with Gasteiger partial charge in [-0.3, -0.25) is 0 Å². The zero-order chi connectivity index (χ0) is 13.8. The Labute approximate surface area is 114 Å². The number of aromatic nitrogens is 2. The molecule has 108 valence electrons. The van der Waals surface area contributed by atoms with E-state index in [1.807, 2.05) is 0 Å². The Kier molecular flexibility index (Phi) is 8.67. The van der Waals surface area contributed by atoms with Gasteiger partial charge >= 0.3 is 0 Å². The number of rotatable bonds is 11. The highest BCUT2D eigenvalue weighted by Crippen LogP contribution is 2.10. The third-order valence-corrected chi connectivity index (χ3v) is 2.31. The van der Waals surface area contributed by atoms with E-state index in [1.54, 1.807) is 13.2 Å². The van der Waals surface area contributed by atoms with E-state index < -0.39 is 0 Å². The summed E-state index contributed by atoms with van der Waals surface area (Å²) in [7, 11) is 1.66. The van der Waals surface area contributed by atoms with Crippen LogP contribution in [0, 0.1) is 0 Å². The molecule has 0 aliphatic rings. The molecule has 6 nitrogen and oxygen atoms in total. The third-order valence-electron chi connectivity index (χ3n) is 2.31. The van der Waals surface area contributed by atoms with Crippen LogP contribution in [0.25, 0.3) is 0 Å². The summed E-state index contributed by atoms with van der Waals surface area (Å²) in [4.78, 5) is 8.17. The average Bonchev–Trinajstić information content (AvgIpc) is 2.44. The number of nitrogens with one attached hydrogen (secondary N) is 1. The number of methoxy groups -OCH3 is 1. The largest absolute Gasteiger partial charge is 0.477 e. The standard InChI is InChI=1S/C13H23N3O3/c1-3-5-14-12-10-13(16-11-15-12)19-7-4-6-18-9-8-17-2/h10-11H,3-9H2,1-2H3,(H,14,15,16). The van der Waals surface area contributed by atoms with E-state index in [4.69, 9.17) is 14.2 Å². The number of anilines is 1. The maximum absolute atomic E-state index is 5.53. The first-order valence-electron chi connectivity index (χ1n) is 6.62. The van der Waals surface area contributed by atoms with Gasteiger partial charge in [0.1, 0.15) is 12.1 Å². The van der Waals surface area contributed by atoms with Crippen LogP contribution in [-0.4, -0.2) is 50.1 Å². The highest BCUT2D eigenvalue weighted by atomic mass is 16.5. The van der Waals surface area contributed by atoms with Crippen LogP contribution in [0.5, 0.6) is 5.88 Å². The Morgan fingerprint density at radius 3 is 2.84 bits per heavy atom. The summed E-state index contributed by atoms with van der Waals surface area (Å²) in [6.45, 7) is 5.49. The number of hydrogen-bond donors (Lipinski definition) is 1. The van der Waals surface area contributed by atoms with Gasteiger partial charge in [-0.15, -0.1) is 0 Å². The van der Waals surface area contributed by atoms with Crippen molar-refractivity contribution in [2.45, 2.75) is 19.8 Å². The van der Waals surface area contributed by atoms with Crippen LogP contribution in [0.15, 0.2) is 12.4 Å². The monoisotopic (exact) mass is 269 g/mol. The van der Waals surface area contributed by atoms with E-state index in [9.17, 15) is 0 Å². The molecular formula is C13H23N3O3. The van der Waals surface area contributed by atoms with E-state index in [-0.39, 0.29) is 0 Å². The maximum atomic E-state index is 5.53. The molecule has 0 aliphatic carbocycles. The van der Waals surface area contributed by atoms with E-state index in [2.05, 4.69) is 22.2 Å². The third kappa shape index (κ3) is 7.58. The summed E-state index contributed by atoms with van der Waals surface area (Å²) in [6.07, 6.45) is 3.38. The van der Waals surface area contributed by atoms with Crippen LogP contribution in [0.4, 0.5) is 5.82 Å². The molecule has 0 saturated carbocycles. The molecule has 19 heavy (non-hydrogen) atoms. The molecule has 0 aliphatic heterocycles. The Hall–Kier alpha value is -1.40. The van der Waals surface area contributed by atoms with Crippen molar-refractivity contribution in [3.63, 3.8) is 0 Å². The van der Waals surface area contributed by atoms with Crippen molar-refractivity contribution in [2.75, 3.05) is 45.4 Å². The molecule has 1 heterocycles. The van der Waals surface area contributed by atoms with Gasteiger partial charge in [-0.1, -0.05) is 6.92 Å². The van der Waals surface area contributed by atoms with Crippen molar-refractivity contribution in [2.24, 2.45) is 0 Å². The molecule has 0 atom stereocenters. The summed E-state index contributed by atoms with van der Waals surface area (Å²) in [6, 6.07) is 1.81. The van der Waals surface area contributed by atoms with Crippen LogP contribution in [0.3, 0.4) is 0 Å². The summed E-state index contributed by atoms with van der Waals surface area (Å²) in [5.74, 6) is 1.38. The molecule has 0 aromatic carbocycles. The maximum Gasteiger partial charge on any atom is 0.218 e. The summed E-state index contributed by atoms with van der Waals surface area (Å²) < 4.78 is 15.8. The molecule has 1 aromatic rings. The summed E-state index contributed by atoms with van der Waals surface area (Å²) >= 11 is 0. The minimum Gasteiger partial charge on any atom is -0.477 e. The smallest absolute Gasteiger partial charge is 0.218 e. The van der Waals surface area contributed by atoms with Crippen LogP contribution in [0.2, 0.25) is 0 Å². The quantitative estimate of drug-likeness (QED) is 0.617. The molecule has 0 spiro atoms. The first-order valence-corrected chi connectivity index (χ1v) is 6.62. The van der Waals surface area contributed by atoms with Crippen LogP contribution in [0.1, 0.15) is 19.8 Å². The van der Waals surface area contributed by atoms with E-state index in [0.717, 1.165) is 25.2 Å². The van der Waals surface area contributed by atoms with Crippen molar-refractivity contribution in [3.05, 3.63) is 12.4 Å². The Morgan fingerprint density at radius 2 is 2.05 bits per heavy atom. The molecule has 0 fully saturated rings. The van der Waals surface area contributed by atoms with Gasteiger partial charge in [-0.2, -0.15) is 0 Å². The number of hydrogen-bond acceptors (Lipinski definition) is 6. The molecule has 0 unspecified atom stereocenters. The lowest BCUT2D eigenvalue weighted by molar-refractivity contribution is 0.0642. The highest BCUT2D eigenvalue weighted by molar-refractivity contribution is 5.36. The first-order chi connectivity index (χ1) is 9.36.